The largest absolute Gasteiger partial charge is 0.433 e. The van der Waals surface area contributed by atoms with Gasteiger partial charge in [0.25, 0.3) is 5.91 Å². The van der Waals surface area contributed by atoms with Crippen molar-refractivity contribution < 1.29 is 18.0 Å². The number of benzene rings is 1. The number of halogens is 5. The average molecular weight is 505 g/mol. The number of anilines is 2. The van der Waals surface area contributed by atoms with E-state index in [1.165, 1.54) is 29.4 Å². The Hall–Kier alpha value is -2.10. The number of hydrazine groups is 1. The molecular weight excluding hydrogens is 484 g/mol. The number of rotatable bonds is 5. The highest BCUT2D eigenvalue weighted by Gasteiger charge is 2.45. The third kappa shape index (κ3) is 4.94. The van der Waals surface area contributed by atoms with Crippen molar-refractivity contribution >= 4 is 51.3 Å². The molecule has 0 saturated carbocycles. The minimum atomic E-state index is -4.68. The van der Waals surface area contributed by atoms with Crippen LogP contribution in [0, 0.1) is 6.92 Å². The van der Waals surface area contributed by atoms with Gasteiger partial charge in [-0.1, -0.05) is 47.7 Å². The quantitative estimate of drug-likeness (QED) is 0.474. The van der Waals surface area contributed by atoms with Crippen LogP contribution in [0.1, 0.15) is 29.8 Å². The molecule has 1 aromatic heterocycles. The topological polar surface area (TPSA) is 48.8 Å². The Morgan fingerprint density at radius 3 is 2.53 bits per heavy atom. The van der Waals surface area contributed by atoms with E-state index in [1.54, 1.807) is 13.0 Å². The Bertz CT molecular complexity index is 1100. The maximum absolute atomic E-state index is 14.0. The van der Waals surface area contributed by atoms with Crippen LogP contribution in [0.2, 0.25) is 10.0 Å². The molecule has 0 bridgehead atoms. The van der Waals surface area contributed by atoms with E-state index in [9.17, 15) is 18.0 Å². The number of allylic oxidation sites excluding steroid dienone is 1. The third-order valence-electron chi connectivity index (χ3n) is 4.79. The van der Waals surface area contributed by atoms with Crippen LogP contribution in [-0.4, -0.2) is 35.1 Å². The third-order valence-corrected chi connectivity index (χ3v) is 7.06. The summed E-state index contributed by atoms with van der Waals surface area (Å²) in [6.07, 6.45) is -2.21. The van der Waals surface area contributed by atoms with Gasteiger partial charge in [0.15, 0.2) is 5.82 Å². The van der Waals surface area contributed by atoms with Gasteiger partial charge in [-0.2, -0.15) is 17.5 Å². The fourth-order valence-electron chi connectivity index (χ4n) is 3.38. The zero-order valence-electron chi connectivity index (χ0n) is 17.6. The summed E-state index contributed by atoms with van der Waals surface area (Å²) in [5.74, 6) is 0.836. The van der Waals surface area contributed by atoms with Gasteiger partial charge in [0.2, 0.25) is 0 Å². The summed E-state index contributed by atoms with van der Waals surface area (Å²) >= 11 is 12.4. The Labute approximate surface area is 196 Å². The van der Waals surface area contributed by atoms with E-state index in [2.05, 4.69) is 9.35 Å². The number of hydrogen-bond acceptors (Lipinski definition) is 4. The number of nitrogens with zero attached hydrogens (tertiary/aromatic N) is 4. The molecule has 1 aliphatic rings. The van der Waals surface area contributed by atoms with E-state index in [4.69, 9.17) is 23.2 Å². The average Bonchev–Trinajstić information content (AvgIpc) is 3.16. The van der Waals surface area contributed by atoms with Crippen LogP contribution in [0.3, 0.4) is 0 Å². The van der Waals surface area contributed by atoms with Gasteiger partial charge < -0.3 is 0 Å². The molecule has 2 heterocycles. The van der Waals surface area contributed by atoms with E-state index in [-0.39, 0.29) is 33.7 Å². The van der Waals surface area contributed by atoms with E-state index in [0.29, 0.717) is 17.1 Å². The van der Waals surface area contributed by atoms with Crippen molar-refractivity contribution in [1.29, 1.82) is 0 Å². The standard InChI is InChI=1S/C21H21Cl2F3N4OS/c1-4-32(5-2)28-20(31)15-12-14(22)11-13(3)18(15)30-17(21(24,25)26)8-10-29(30)19-16(23)7-6-9-27-19/h6-9,11-12H,4-5,10H2,1-3H3. The lowest BCUT2D eigenvalue weighted by atomic mass is 10.1. The lowest BCUT2D eigenvalue weighted by Crippen LogP contribution is -2.43. The molecule has 0 radical (unpaired) electrons. The van der Waals surface area contributed by atoms with Crippen molar-refractivity contribution in [2.75, 3.05) is 28.1 Å². The fourth-order valence-corrected chi connectivity index (χ4v) is 4.87. The summed E-state index contributed by atoms with van der Waals surface area (Å²) in [4.78, 5) is 17.3. The number of amides is 1. The summed E-state index contributed by atoms with van der Waals surface area (Å²) in [6.45, 7) is 5.28. The second-order valence-corrected chi connectivity index (χ2v) is 9.95. The maximum Gasteiger partial charge on any atom is 0.433 e. The number of pyridine rings is 1. The van der Waals surface area contributed by atoms with Crippen molar-refractivity contribution in [2.24, 2.45) is 4.36 Å². The first-order chi connectivity index (χ1) is 15.1. The lowest BCUT2D eigenvalue weighted by Gasteiger charge is -2.36. The first kappa shape index (κ1) is 24.5. The zero-order chi connectivity index (χ0) is 23.6. The summed E-state index contributed by atoms with van der Waals surface area (Å²) < 4.78 is 46.3. The summed E-state index contributed by atoms with van der Waals surface area (Å²) in [5, 5.41) is 2.64. The molecule has 32 heavy (non-hydrogen) atoms. The number of carbonyl (C=O) groups is 1. The summed E-state index contributed by atoms with van der Waals surface area (Å²) in [6, 6.07) is 5.99. The van der Waals surface area contributed by atoms with Gasteiger partial charge in [0, 0.05) is 22.7 Å². The van der Waals surface area contributed by atoms with Crippen molar-refractivity contribution in [3.05, 3.63) is 63.4 Å². The normalized spacial score (nSPS) is 14.2. The van der Waals surface area contributed by atoms with E-state index in [0.717, 1.165) is 11.1 Å². The highest BCUT2D eigenvalue weighted by Crippen LogP contribution is 2.43. The second-order valence-electron chi connectivity index (χ2n) is 6.84. The molecule has 0 N–H and O–H groups in total. The number of aryl methyl sites for hydroxylation is 1. The highest BCUT2D eigenvalue weighted by atomic mass is 35.5. The molecular formula is C21H21Cl2F3N4OS. The van der Waals surface area contributed by atoms with Crippen LogP contribution in [0.5, 0.6) is 0 Å². The van der Waals surface area contributed by atoms with Crippen molar-refractivity contribution in [1.82, 2.24) is 4.98 Å². The van der Waals surface area contributed by atoms with Gasteiger partial charge in [-0.25, -0.2) is 9.99 Å². The molecule has 11 heteroatoms. The molecule has 0 fully saturated rings. The monoisotopic (exact) mass is 504 g/mol. The van der Waals surface area contributed by atoms with Crippen LogP contribution >= 0.6 is 23.2 Å². The second kappa shape index (κ2) is 9.80. The van der Waals surface area contributed by atoms with Crippen molar-refractivity contribution in [3.63, 3.8) is 0 Å². The van der Waals surface area contributed by atoms with Crippen LogP contribution in [0.25, 0.3) is 0 Å². The lowest BCUT2D eigenvalue weighted by molar-refractivity contribution is -0.0927. The molecule has 0 saturated heterocycles. The molecule has 1 aromatic carbocycles. The Morgan fingerprint density at radius 1 is 1.25 bits per heavy atom. The SMILES string of the molecule is CCS(CC)=NC(=O)c1cc(Cl)cc(C)c1N1C(C(F)(F)F)=CCN1c1ncccc1Cl. The summed E-state index contributed by atoms with van der Waals surface area (Å²) in [5.41, 5.74) is -0.521. The van der Waals surface area contributed by atoms with E-state index in [1.807, 2.05) is 13.8 Å². The van der Waals surface area contributed by atoms with Crippen LogP contribution in [0.15, 0.2) is 46.6 Å². The van der Waals surface area contributed by atoms with Crippen LogP contribution < -0.4 is 10.0 Å². The molecule has 3 rings (SSSR count). The number of hydrogen-bond donors (Lipinski definition) is 0. The number of aromatic nitrogens is 1. The van der Waals surface area contributed by atoms with Gasteiger partial charge in [0.1, 0.15) is 5.70 Å². The van der Waals surface area contributed by atoms with Crippen LogP contribution in [-0.2, 0) is 10.7 Å². The van der Waals surface area contributed by atoms with E-state index >= 15 is 0 Å². The van der Waals surface area contributed by atoms with Gasteiger partial charge in [-0.05, 0) is 42.8 Å². The predicted octanol–water partition coefficient (Wildman–Crippen LogP) is 6.37. The predicted molar refractivity (Wildman–Crippen MR) is 125 cm³/mol. The minimum absolute atomic E-state index is 0.0106. The first-order valence-corrected chi connectivity index (χ1v) is 12.0. The molecule has 2 aromatic rings. The Balaban J connectivity index is 2.26. The molecule has 1 amide bonds. The highest BCUT2D eigenvalue weighted by molar-refractivity contribution is 7.87. The van der Waals surface area contributed by atoms with Crippen molar-refractivity contribution in [3.8, 4) is 0 Å². The molecule has 5 nitrogen and oxygen atoms in total. The Kier molecular flexibility index (Phi) is 7.52. The number of alkyl halides is 3. The zero-order valence-corrected chi connectivity index (χ0v) is 19.9. The molecule has 0 unspecified atom stereocenters. The molecule has 0 atom stereocenters. The van der Waals surface area contributed by atoms with E-state index < -0.39 is 28.5 Å². The number of carbonyl (C=O) groups excluding carboxylic acids is 1. The molecule has 0 aliphatic carbocycles. The molecule has 1 aliphatic heterocycles. The maximum atomic E-state index is 14.0. The molecule has 0 spiro atoms. The van der Waals surface area contributed by atoms with Crippen LogP contribution in [0.4, 0.5) is 24.7 Å². The van der Waals surface area contributed by atoms with Gasteiger partial charge in [-0.3, -0.25) is 9.80 Å². The fraction of sp³-hybridized carbons (Fsp3) is 0.333. The van der Waals surface area contributed by atoms with Gasteiger partial charge in [0.05, 0.1) is 22.8 Å². The van der Waals surface area contributed by atoms with Crippen molar-refractivity contribution in [2.45, 2.75) is 26.9 Å². The minimum Gasteiger partial charge on any atom is -0.266 e. The first-order valence-electron chi connectivity index (χ1n) is 9.77. The van der Waals surface area contributed by atoms with Gasteiger partial charge >= 0.3 is 6.18 Å². The Morgan fingerprint density at radius 2 is 1.94 bits per heavy atom. The van der Waals surface area contributed by atoms with Gasteiger partial charge in [-0.15, -0.1) is 0 Å². The molecule has 172 valence electrons. The summed E-state index contributed by atoms with van der Waals surface area (Å²) in [7, 11) is -0.536. The smallest absolute Gasteiger partial charge is 0.266 e.